The second-order valence-corrected chi connectivity index (χ2v) is 6.73. The standard InChI is InChI=1S/C13H17ClO5S/c1-3-6-18-7-8-19-13(15)12-9-11(20(14,16)17)5-4-10(12)2/h4-5,9H,3,6-8H2,1-2H3. The number of hydrogen-bond donors (Lipinski definition) is 0. The monoisotopic (exact) mass is 320 g/mol. The molecule has 0 spiro atoms. The van der Waals surface area contributed by atoms with Crippen LogP contribution in [0.2, 0.25) is 0 Å². The summed E-state index contributed by atoms with van der Waals surface area (Å²) in [5.74, 6) is -0.593. The Labute approximate surface area is 123 Å². The lowest BCUT2D eigenvalue weighted by Gasteiger charge is -2.08. The van der Waals surface area contributed by atoms with Crippen molar-refractivity contribution < 1.29 is 22.7 Å². The minimum absolute atomic E-state index is 0.121. The van der Waals surface area contributed by atoms with Gasteiger partial charge in [0.25, 0.3) is 9.05 Å². The van der Waals surface area contributed by atoms with Gasteiger partial charge in [-0.3, -0.25) is 0 Å². The van der Waals surface area contributed by atoms with Crippen LogP contribution in [0.3, 0.4) is 0 Å². The lowest BCUT2D eigenvalue weighted by Crippen LogP contribution is -2.12. The van der Waals surface area contributed by atoms with Crippen LogP contribution in [0.4, 0.5) is 0 Å². The first-order chi connectivity index (χ1) is 9.36. The van der Waals surface area contributed by atoms with E-state index < -0.39 is 15.0 Å². The van der Waals surface area contributed by atoms with Crippen LogP contribution in [0.1, 0.15) is 29.3 Å². The van der Waals surface area contributed by atoms with E-state index in [-0.39, 0.29) is 17.1 Å². The molecule has 0 aromatic heterocycles. The number of benzene rings is 1. The molecule has 0 fully saturated rings. The highest BCUT2D eigenvalue weighted by Gasteiger charge is 2.16. The zero-order valence-electron chi connectivity index (χ0n) is 11.4. The molecule has 1 aromatic rings. The van der Waals surface area contributed by atoms with Gasteiger partial charge in [-0.15, -0.1) is 0 Å². The first kappa shape index (κ1) is 16.9. The predicted molar refractivity (Wildman–Crippen MR) is 75.6 cm³/mol. The maximum Gasteiger partial charge on any atom is 0.338 e. The highest BCUT2D eigenvalue weighted by Crippen LogP contribution is 2.19. The SMILES string of the molecule is CCCOCCOC(=O)c1cc(S(=O)(=O)Cl)ccc1C. The summed E-state index contributed by atoms with van der Waals surface area (Å²) in [6, 6.07) is 4.07. The fourth-order valence-electron chi connectivity index (χ4n) is 1.49. The molecule has 0 aliphatic carbocycles. The molecule has 0 atom stereocenters. The van der Waals surface area contributed by atoms with Crippen molar-refractivity contribution in [3.05, 3.63) is 29.3 Å². The fourth-order valence-corrected chi connectivity index (χ4v) is 2.27. The van der Waals surface area contributed by atoms with Gasteiger partial charge in [-0.1, -0.05) is 13.0 Å². The van der Waals surface area contributed by atoms with Crippen molar-refractivity contribution in [2.24, 2.45) is 0 Å². The van der Waals surface area contributed by atoms with E-state index >= 15 is 0 Å². The topological polar surface area (TPSA) is 69.7 Å². The molecule has 0 N–H and O–H groups in total. The maximum atomic E-state index is 11.9. The van der Waals surface area contributed by atoms with E-state index in [1.54, 1.807) is 6.92 Å². The van der Waals surface area contributed by atoms with Gasteiger partial charge in [0.1, 0.15) is 6.61 Å². The van der Waals surface area contributed by atoms with Crippen LogP contribution in [0.5, 0.6) is 0 Å². The molecule has 5 nitrogen and oxygen atoms in total. The number of carbonyl (C=O) groups excluding carboxylic acids is 1. The number of carbonyl (C=O) groups is 1. The number of esters is 1. The minimum Gasteiger partial charge on any atom is -0.460 e. The highest BCUT2D eigenvalue weighted by molar-refractivity contribution is 8.13. The number of aryl methyl sites for hydroxylation is 1. The van der Waals surface area contributed by atoms with Gasteiger partial charge in [-0.25, -0.2) is 13.2 Å². The molecule has 0 bridgehead atoms. The van der Waals surface area contributed by atoms with Crippen molar-refractivity contribution in [1.29, 1.82) is 0 Å². The normalized spacial score (nSPS) is 11.3. The Morgan fingerprint density at radius 1 is 1.25 bits per heavy atom. The Morgan fingerprint density at radius 3 is 2.55 bits per heavy atom. The third-order valence-electron chi connectivity index (χ3n) is 2.52. The Kier molecular flexibility index (Phi) is 6.45. The molecule has 0 saturated heterocycles. The molecule has 1 aromatic carbocycles. The molecule has 1 rings (SSSR count). The Balaban J connectivity index is 2.72. The van der Waals surface area contributed by atoms with Gasteiger partial charge in [0.2, 0.25) is 0 Å². The van der Waals surface area contributed by atoms with Crippen LogP contribution in [-0.4, -0.2) is 34.2 Å². The maximum absolute atomic E-state index is 11.9. The van der Waals surface area contributed by atoms with E-state index in [9.17, 15) is 13.2 Å². The van der Waals surface area contributed by atoms with Gasteiger partial charge >= 0.3 is 5.97 Å². The van der Waals surface area contributed by atoms with E-state index in [1.807, 2.05) is 6.92 Å². The zero-order valence-corrected chi connectivity index (χ0v) is 13.0. The van der Waals surface area contributed by atoms with Gasteiger partial charge in [0, 0.05) is 17.3 Å². The molecule has 112 valence electrons. The number of halogens is 1. The second kappa shape index (κ2) is 7.61. The van der Waals surface area contributed by atoms with Crippen LogP contribution in [-0.2, 0) is 18.5 Å². The number of rotatable bonds is 7. The molecule has 0 heterocycles. The van der Waals surface area contributed by atoms with Crippen molar-refractivity contribution in [3.8, 4) is 0 Å². The summed E-state index contributed by atoms with van der Waals surface area (Å²) < 4.78 is 32.7. The average molecular weight is 321 g/mol. The van der Waals surface area contributed by atoms with Gasteiger partial charge in [-0.05, 0) is 31.0 Å². The molecule has 0 aliphatic rings. The lowest BCUT2D eigenvalue weighted by molar-refractivity contribution is 0.0317. The van der Waals surface area contributed by atoms with E-state index in [1.165, 1.54) is 18.2 Å². The number of hydrogen-bond acceptors (Lipinski definition) is 5. The molecule has 0 saturated carbocycles. The average Bonchev–Trinajstić information content (AvgIpc) is 2.37. The van der Waals surface area contributed by atoms with E-state index in [0.29, 0.717) is 18.8 Å². The van der Waals surface area contributed by atoms with Crippen LogP contribution in [0.15, 0.2) is 23.1 Å². The highest BCUT2D eigenvalue weighted by atomic mass is 35.7. The summed E-state index contributed by atoms with van der Waals surface area (Å²) in [6.07, 6.45) is 0.892. The van der Waals surface area contributed by atoms with Crippen LogP contribution in [0, 0.1) is 6.92 Å². The lowest BCUT2D eigenvalue weighted by atomic mass is 10.1. The molecule has 7 heteroatoms. The Morgan fingerprint density at radius 2 is 1.95 bits per heavy atom. The first-order valence-electron chi connectivity index (χ1n) is 6.16. The molecular weight excluding hydrogens is 304 g/mol. The molecule has 20 heavy (non-hydrogen) atoms. The largest absolute Gasteiger partial charge is 0.460 e. The van der Waals surface area contributed by atoms with E-state index in [4.69, 9.17) is 20.2 Å². The summed E-state index contributed by atoms with van der Waals surface area (Å²) in [6.45, 7) is 4.71. The van der Waals surface area contributed by atoms with Crippen LogP contribution >= 0.6 is 10.7 Å². The van der Waals surface area contributed by atoms with Gasteiger partial charge in [0.05, 0.1) is 17.1 Å². The van der Waals surface area contributed by atoms with Crippen LogP contribution in [0.25, 0.3) is 0 Å². The van der Waals surface area contributed by atoms with Crippen LogP contribution < -0.4 is 0 Å². The fraction of sp³-hybridized carbons (Fsp3) is 0.462. The van der Waals surface area contributed by atoms with Crippen molar-refractivity contribution in [2.75, 3.05) is 19.8 Å². The zero-order chi connectivity index (χ0) is 15.2. The molecule has 0 unspecified atom stereocenters. The quantitative estimate of drug-likeness (QED) is 0.438. The Bertz CT molecular complexity index is 568. The summed E-state index contributed by atoms with van der Waals surface area (Å²) in [4.78, 5) is 11.7. The molecular formula is C13H17ClO5S. The summed E-state index contributed by atoms with van der Waals surface area (Å²) in [7, 11) is 1.38. The van der Waals surface area contributed by atoms with Crippen molar-refractivity contribution in [2.45, 2.75) is 25.2 Å². The van der Waals surface area contributed by atoms with Gasteiger partial charge in [-0.2, -0.15) is 0 Å². The van der Waals surface area contributed by atoms with Gasteiger partial charge < -0.3 is 9.47 Å². The summed E-state index contributed by atoms with van der Waals surface area (Å²) >= 11 is 0. The summed E-state index contributed by atoms with van der Waals surface area (Å²) in [5, 5.41) is 0. The smallest absolute Gasteiger partial charge is 0.338 e. The molecule has 0 radical (unpaired) electrons. The first-order valence-corrected chi connectivity index (χ1v) is 8.47. The van der Waals surface area contributed by atoms with E-state index in [2.05, 4.69) is 0 Å². The van der Waals surface area contributed by atoms with Gasteiger partial charge in [0.15, 0.2) is 0 Å². The van der Waals surface area contributed by atoms with E-state index in [0.717, 1.165) is 6.42 Å². The third-order valence-corrected chi connectivity index (χ3v) is 3.87. The summed E-state index contributed by atoms with van der Waals surface area (Å²) in [5.41, 5.74) is 0.802. The van der Waals surface area contributed by atoms with Crippen molar-refractivity contribution in [1.82, 2.24) is 0 Å². The minimum atomic E-state index is -3.87. The predicted octanol–water partition coefficient (Wildman–Crippen LogP) is 2.51. The second-order valence-electron chi connectivity index (χ2n) is 4.16. The van der Waals surface area contributed by atoms with Crippen molar-refractivity contribution >= 4 is 25.7 Å². The molecule has 0 amide bonds. The molecule has 0 aliphatic heterocycles. The third kappa shape index (κ3) is 5.11. The Hall–Kier alpha value is -1.11. The van der Waals surface area contributed by atoms with Crippen molar-refractivity contribution in [3.63, 3.8) is 0 Å². The number of ether oxygens (including phenoxy) is 2.